The van der Waals surface area contributed by atoms with E-state index in [0.717, 1.165) is 17.1 Å². The summed E-state index contributed by atoms with van der Waals surface area (Å²) in [5.41, 5.74) is 0.868. The molecule has 0 radical (unpaired) electrons. The third kappa shape index (κ3) is 3.49. The van der Waals surface area contributed by atoms with Crippen molar-refractivity contribution in [2.45, 2.75) is 19.4 Å². The first-order valence-electron chi connectivity index (χ1n) is 8.24. The molecule has 6 nitrogen and oxygen atoms in total. The predicted molar refractivity (Wildman–Crippen MR) is 92.1 cm³/mol. The topological polar surface area (TPSA) is 72.1 Å². The number of hydrogen-bond acceptors (Lipinski definition) is 5. The highest BCUT2D eigenvalue weighted by molar-refractivity contribution is 5.73. The number of methoxy groups -OCH3 is 2. The molecule has 1 aromatic heterocycles. The number of benzene rings is 1. The number of ether oxygens (including phenoxy) is 2. The quantitative estimate of drug-likeness (QED) is 0.868. The Balaban J connectivity index is 1.88. The van der Waals surface area contributed by atoms with E-state index >= 15 is 0 Å². The molecule has 0 saturated carbocycles. The van der Waals surface area contributed by atoms with Crippen molar-refractivity contribution in [1.82, 2.24) is 4.90 Å². The van der Waals surface area contributed by atoms with Crippen LogP contribution in [0.1, 0.15) is 23.0 Å². The molecule has 0 aliphatic carbocycles. The zero-order chi connectivity index (χ0) is 18.0. The number of carbonyl (C=O) groups is 1. The SMILES string of the molecule is COc1cccc([C@@H]2CN(Cc3ccc(C)o3)C[C@H]2C(=O)O)c1OC. The number of para-hydroxylation sites is 1. The maximum atomic E-state index is 11.8. The summed E-state index contributed by atoms with van der Waals surface area (Å²) >= 11 is 0. The van der Waals surface area contributed by atoms with E-state index in [9.17, 15) is 9.90 Å². The lowest BCUT2D eigenvalue weighted by molar-refractivity contribution is -0.141. The van der Waals surface area contributed by atoms with Crippen LogP contribution in [0.4, 0.5) is 0 Å². The van der Waals surface area contributed by atoms with E-state index in [0.29, 0.717) is 31.1 Å². The highest BCUT2D eigenvalue weighted by Gasteiger charge is 2.40. The number of carboxylic acids is 1. The second kappa shape index (κ2) is 7.19. The van der Waals surface area contributed by atoms with Crippen LogP contribution in [0.15, 0.2) is 34.7 Å². The van der Waals surface area contributed by atoms with E-state index in [1.807, 2.05) is 37.3 Å². The average Bonchev–Trinajstić information content (AvgIpc) is 3.20. The molecular formula is C19H23NO5. The maximum Gasteiger partial charge on any atom is 0.308 e. The monoisotopic (exact) mass is 345 g/mol. The maximum absolute atomic E-state index is 11.8. The van der Waals surface area contributed by atoms with Gasteiger partial charge in [-0.2, -0.15) is 0 Å². The number of rotatable bonds is 6. The Labute approximate surface area is 147 Å². The van der Waals surface area contributed by atoms with E-state index in [-0.39, 0.29) is 5.92 Å². The van der Waals surface area contributed by atoms with Crippen molar-refractivity contribution in [3.8, 4) is 11.5 Å². The zero-order valence-electron chi connectivity index (χ0n) is 14.7. The van der Waals surface area contributed by atoms with Crippen LogP contribution in [0.3, 0.4) is 0 Å². The van der Waals surface area contributed by atoms with Crippen LogP contribution in [0, 0.1) is 12.8 Å². The fraction of sp³-hybridized carbons (Fsp3) is 0.421. The summed E-state index contributed by atoms with van der Waals surface area (Å²) in [4.78, 5) is 13.9. The van der Waals surface area contributed by atoms with Gasteiger partial charge in [0.25, 0.3) is 0 Å². The van der Waals surface area contributed by atoms with Crippen molar-refractivity contribution in [2.24, 2.45) is 5.92 Å². The van der Waals surface area contributed by atoms with Crippen LogP contribution >= 0.6 is 0 Å². The predicted octanol–water partition coefficient (Wildman–Crippen LogP) is 2.91. The summed E-state index contributed by atoms with van der Waals surface area (Å²) in [7, 11) is 3.16. The van der Waals surface area contributed by atoms with E-state index in [1.54, 1.807) is 14.2 Å². The van der Waals surface area contributed by atoms with Crippen LogP contribution in [-0.2, 0) is 11.3 Å². The number of aryl methyl sites for hydroxylation is 1. The third-order valence-corrected chi connectivity index (χ3v) is 4.72. The van der Waals surface area contributed by atoms with Crippen LogP contribution < -0.4 is 9.47 Å². The van der Waals surface area contributed by atoms with Crippen molar-refractivity contribution >= 4 is 5.97 Å². The van der Waals surface area contributed by atoms with Gasteiger partial charge in [0.15, 0.2) is 11.5 Å². The molecule has 6 heteroatoms. The van der Waals surface area contributed by atoms with E-state index in [1.165, 1.54) is 0 Å². The van der Waals surface area contributed by atoms with Crippen LogP contribution in [0.5, 0.6) is 11.5 Å². The average molecular weight is 345 g/mol. The molecule has 1 aliphatic heterocycles. The molecule has 1 aromatic carbocycles. The van der Waals surface area contributed by atoms with E-state index < -0.39 is 11.9 Å². The summed E-state index contributed by atoms with van der Waals surface area (Å²) < 4.78 is 16.5. The molecule has 25 heavy (non-hydrogen) atoms. The minimum Gasteiger partial charge on any atom is -0.493 e. The lowest BCUT2D eigenvalue weighted by atomic mass is 9.88. The van der Waals surface area contributed by atoms with Gasteiger partial charge in [-0.05, 0) is 25.1 Å². The highest BCUT2D eigenvalue weighted by atomic mass is 16.5. The molecule has 3 rings (SSSR count). The number of likely N-dealkylation sites (tertiary alicyclic amines) is 1. The lowest BCUT2D eigenvalue weighted by Gasteiger charge is -2.20. The largest absolute Gasteiger partial charge is 0.493 e. The summed E-state index contributed by atoms with van der Waals surface area (Å²) in [6.45, 7) is 3.60. The smallest absolute Gasteiger partial charge is 0.308 e. The molecule has 2 atom stereocenters. The first-order valence-corrected chi connectivity index (χ1v) is 8.24. The second-order valence-corrected chi connectivity index (χ2v) is 6.34. The summed E-state index contributed by atoms with van der Waals surface area (Å²) in [5, 5.41) is 9.70. The molecule has 1 N–H and O–H groups in total. The first-order chi connectivity index (χ1) is 12.0. The number of furan rings is 1. The first kappa shape index (κ1) is 17.4. The van der Waals surface area contributed by atoms with Gasteiger partial charge < -0.3 is 19.0 Å². The van der Waals surface area contributed by atoms with Crippen molar-refractivity contribution < 1.29 is 23.8 Å². The number of aliphatic carboxylic acids is 1. The van der Waals surface area contributed by atoms with Gasteiger partial charge in [0.1, 0.15) is 11.5 Å². The standard InChI is InChI=1S/C19H23NO5/c1-12-7-8-13(25-12)9-20-10-15(16(11-20)19(21)22)14-5-4-6-17(23-2)18(14)24-3/h4-8,15-16H,9-11H2,1-3H3,(H,21,22)/t15-,16+/m0/s1. The van der Waals surface area contributed by atoms with Crippen LogP contribution in [0.2, 0.25) is 0 Å². The highest BCUT2D eigenvalue weighted by Crippen LogP contribution is 2.42. The van der Waals surface area contributed by atoms with E-state index in [2.05, 4.69) is 4.90 Å². The Morgan fingerprint density at radius 2 is 2.04 bits per heavy atom. The second-order valence-electron chi connectivity index (χ2n) is 6.34. The lowest BCUT2D eigenvalue weighted by Crippen LogP contribution is -2.23. The molecule has 1 aliphatic rings. The van der Waals surface area contributed by atoms with Crippen molar-refractivity contribution in [2.75, 3.05) is 27.3 Å². The third-order valence-electron chi connectivity index (χ3n) is 4.72. The van der Waals surface area contributed by atoms with Crippen LogP contribution in [0.25, 0.3) is 0 Å². The fourth-order valence-corrected chi connectivity index (χ4v) is 3.57. The van der Waals surface area contributed by atoms with Gasteiger partial charge in [-0.3, -0.25) is 9.69 Å². The van der Waals surface area contributed by atoms with Gasteiger partial charge in [-0.1, -0.05) is 12.1 Å². The molecule has 0 bridgehead atoms. The molecule has 0 unspecified atom stereocenters. The molecule has 1 saturated heterocycles. The van der Waals surface area contributed by atoms with Crippen LogP contribution in [-0.4, -0.2) is 43.3 Å². The minimum atomic E-state index is -0.798. The fourth-order valence-electron chi connectivity index (χ4n) is 3.57. The molecule has 1 fully saturated rings. The minimum absolute atomic E-state index is 0.168. The van der Waals surface area contributed by atoms with Gasteiger partial charge in [-0.15, -0.1) is 0 Å². The number of carboxylic acid groups (broad SMARTS) is 1. The summed E-state index contributed by atoms with van der Waals surface area (Å²) in [5.74, 6) is 1.46. The van der Waals surface area contributed by atoms with Gasteiger partial charge in [0.2, 0.25) is 0 Å². The Morgan fingerprint density at radius 1 is 1.24 bits per heavy atom. The zero-order valence-corrected chi connectivity index (χ0v) is 14.7. The van der Waals surface area contributed by atoms with Gasteiger partial charge in [0.05, 0.1) is 26.7 Å². The van der Waals surface area contributed by atoms with Crippen molar-refractivity contribution in [3.05, 3.63) is 47.4 Å². The molecule has 2 aromatic rings. The Hall–Kier alpha value is -2.47. The van der Waals surface area contributed by atoms with Crippen molar-refractivity contribution in [3.63, 3.8) is 0 Å². The number of hydrogen-bond donors (Lipinski definition) is 1. The Kier molecular flexibility index (Phi) is 4.99. The van der Waals surface area contributed by atoms with Gasteiger partial charge >= 0.3 is 5.97 Å². The normalized spacial score (nSPS) is 20.6. The Morgan fingerprint density at radius 3 is 2.64 bits per heavy atom. The molecular weight excluding hydrogens is 322 g/mol. The summed E-state index contributed by atoms with van der Waals surface area (Å²) in [6.07, 6.45) is 0. The van der Waals surface area contributed by atoms with Gasteiger partial charge in [0, 0.05) is 24.6 Å². The van der Waals surface area contributed by atoms with Gasteiger partial charge in [-0.25, -0.2) is 0 Å². The molecule has 134 valence electrons. The Bertz CT molecular complexity index is 754. The molecule has 0 amide bonds. The van der Waals surface area contributed by atoms with Crippen molar-refractivity contribution in [1.29, 1.82) is 0 Å². The molecule has 2 heterocycles. The van der Waals surface area contributed by atoms with E-state index in [4.69, 9.17) is 13.9 Å². The number of nitrogens with zero attached hydrogens (tertiary/aromatic N) is 1. The summed E-state index contributed by atoms with van der Waals surface area (Å²) in [6, 6.07) is 9.46. The molecule has 0 spiro atoms.